The molecular weight excluding hydrogens is 258 g/mol. The number of hydrogen-bond acceptors (Lipinski definition) is 3. The van der Waals surface area contributed by atoms with E-state index in [1.165, 1.54) is 13.1 Å². The Morgan fingerprint density at radius 2 is 2.27 bits per heavy atom. The van der Waals surface area contributed by atoms with Gasteiger partial charge >= 0.3 is 0 Å². The van der Waals surface area contributed by atoms with Gasteiger partial charge in [0.1, 0.15) is 0 Å². The van der Waals surface area contributed by atoms with Gasteiger partial charge in [-0.1, -0.05) is 33.2 Å². The highest BCUT2D eigenvalue weighted by atomic mass is 79.9. The van der Waals surface area contributed by atoms with Crippen molar-refractivity contribution >= 4 is 21.7 Å². The summed E-state index contributed by atoms with van der Waals surface area (Å²) >= 11 is 3.36. The zero-order valence-corrected chi connectivity index (χ0v) is 9.61. The number of benzene rings is 1. The highest BCUT2D eigenvalue weighted by Gasteiger charge is 2.14. The number of nitrogens with zero attached hydrogens (tertiary/aromatic N) is 1. The number of hydrogen-bond donors (Lipinski definition) is 0. The Bertz CT molecular complexity index is 505. The summed E-state index contributed by atoms with van der Waals surface area (Å²) in [5, 5.41) is 3.64. The van der Waals surface area contributed by atoms with Crippen LogP contribution in [0.1, 0.15) is 17.3 Å². The van der Waals surface area contributed by atoms with Crippen molar-refractivity contribution in [2.45, 2.75) is 6.92 Å². The minimum Gasteiger partial charge on any atom is -0.356 e. The lowest BCUT2D eigenvalue weighted by atomic mass is 10.1. The fourth-order valence-electron chi connectivity index (χ4n) is 1.33. The van der Waals surface area contributed by atoms with Crippen molar-refractivity contribution in [1.29, 1.82) is 0 Å². The van der Waals surface area contributed by atoms with Gasteiger partial charge in [0.05, 0.1) is 11.8 Å². The third kappa shape index (κ3) is 1.99. The molecule has 76 valence electrons. The highest BCUT2D eigenvalue weighted by molar-refractivity contribution is 9.10. The second kappa shape index (κ2) is 3.98. The molecule has 0 N–H and O–H groups in total. The lowest BCUT2D eigenvalue weighted by Gasteiger charge is -1.98. The van der Waals surface area contributed by atoms with Gasteiger partial charge in [0.25, 0.3) is 0 Å². The van der Waals surface area contributed by atoms with Gasteiger partial charge in [-0.15, -0.1) is 0 Å². The average Bonchev–Trinajstić information content (AvgIpc) is 2.65. The van der Waals surface area contributed by atoms with Gasteiger partial charge in [0.15, 0.2) is 11.5 Å². The van der Waals surface area contributed by atoms with Crippen molar-refractivity contribution in [1.82, 2.24) is 5.16 Å². The Morgan fingerprint density at radius 3 is 2.93 bits per heavy atom. The summed E-state index contributed by atoms with van der Waals surface area (Å²) < 4.78 is 6.01. The Balaban J connectivity index is 2.54. The van der Waals surface area contributed by atoms with Gasteiger partial charge in [0, 0.05) is 10.0 Å². The summed E-state index contributed by atoms with van der Waals surface area (Å²) in [6.07, 6.45) is 1.44. The summed E-state index contributed by atoms with van der Waals surface area (Å²) in [5.41, 5.74) is 1.35. The van der Waals surface area contributed by atoms with Crippen LogP contribution in [0.15, 0.2) is 39.5 Å². The largest absolute Gasteiger partial charge is 0.356 e. The van der Waals surface area contributed by atoms with Gasteiger partial charge in [-0.2, -0.15) is 0 Å². The molecule has 0 saturated heterocycles. The normalized spacial score (nSPS) is 10.3. The van der Waals surface area contributed by atoms with E-state index in [2.05, 4.69) is 21.1 Å². The van der Waals surface area contributed by atoms with Crippen LogP contribution in [-0.4, -0.2) is 10.9 Å². The molecule has 0 fully saturated rings. The summed E-state index contributed by atoms with van der Waals surface area (Å²) in [7, 11) is 0. The molecule has 0 saturated carbocycles. The Hall–Kier alpha value is -1.42. The predicted molar refractivity (Wildman–Crippen MR) is 59.6 cm³/mol. The minimum absolute atomic E-state index is 0.0498. The monoisotopic (exact) mass is 265 g/mol. The predicted octanol–water partition coefficient (Wildman–Crippen LogP) is 3.31. The highest BCUT2D eigenvalue weighted by Crippen LogP contribution is 2.26. The van der Waals surface area contributed by atoms with Crippen LogP contribution in [-0.2, 0) is 0 Å². The van der Waals surface area contributed by atoms with Crippen molar-refractivity contribution in [3.63, 3.8) is 0 Å². The molecule has 1 aromatic heterocycles. The van der Waals surface area contributed by atoms with E-state index in [0.717, 1.165) is 10.0 Å². The summed E-state index contributed by atoms with van der Waals surface area (Å²) in [5.74, 6) is 0.468. The van der Waals surface area contributed by atoms with E-state index in [1.54, 1.807) is 0 Å². The van der Waals surface area contributed by atoms with Crippen LogP contribution in [0.25, 0.3) is 11.3 Å². The molecule has 0 aliphatic rings. The molecule has 0 aliphatic heterocycles. The number of aromatic nitrogens is 1. The fraction of sp³-hybridized carbons (Fsp3) is 0.0909. The third-order valence-corrected chi connectivity index (χ3v) is 2.53. The van der Waals surface area contributed by atoms with Crippen LogP contribution < -0.4 is 0 Å². The van der Waals surface area contributed by atoms with E-state index in [1.807, 2.05) is 24.3 Å². The first-order chi connectivity index (χ1) is 7.18. The standard InChI is InChI=1S/C11H8BrNO2/c1-7(14)10-6-13-15-11(10)8-3-2-4-9(12)5-8/h2-6H,1H3. The third-order valence-electron chi connectivity index (χ3n) is 2.04. The molecule has 2 rings (SSSR count). The second-order valence-corrected chi connectivity index (χ2v) is 4.05. The van der Waals surface area contributed by atoms with Crippen molar-refractivity contribution in [2.75, 3.05) is 0 Å². The van der Waals surface area contributed by atoms with E-state index in [9.17, 15) is 4.79 Å². The van der Waals surface area contributed by atoms with Gasteiger partial charge < -0.3 is 4.52 Å². The Kier molecular flexibility index (Phi) is 2.68. The van der Waals surface area contributed by atoms with E-state index >= 15 is 0 Å². The first kappa shape index (κ1) is 10.1. The van der Waals surface area contributed by atoms with E-state index in [4.69, 9.17) is 4.52 Å². The summed E-state index contributed by atoms with van der Waals surface area (Å²) in [6, 6.07) is 7.55. The molecule has 0 spiro atoms. The lowest BCUT2D eigenvalue weighted by molar-refractivity contribution is 0.101. The van der Waals surface area contributed by atoms with E-state index < -0.39 is 0 Å². The molecular formula is C11H8BrNO2. The van der Waals surface area contributed by atoms with Crippen LogP contribution in [0.4, 0.5) is 0 Å². The molecule has 0 atom stereocenters. The smallest absolute Gasteiger partial charge is 0.177 e. The molecule has 15 heavy (non-hydrogen) atoms. The maximum Gasteiger partial charge on any atom is 0.177 e. The molecule has 0 amide bonds. The van der Waals surface area contributed by atoms with Gasteiger partial charge in [0.2, 0.25) is 0 Å². The number of carbonyl (C=O) groups is 1. The van der Waals surface area contributed by atoms with Crippen LogP contribution in [0.2, 0.25) is 0 Å². The number of rotatable bonds is 2. The first-order valence-electron chi connectivity index (χ1n) is 4.40. The molecule has 0 aliphatic carbocycles. The zero-order valence-electron chi connectivity index (χ0n) is 8.03. The van der Waals surface area contributed by atoms with Crippen LogP contribution in [0.3, 0.4) is 0 Å². The molecule has 2 aromatic rings. The molecule has 1 heterocycles. The van der Waals surface area contributed by atoms with Crippen LogP contribution in [0.5, 0.6) is 0 Å². The fourth-order valence-corrected chi connectivity index (χ4v) is 1.73. The molecule has 0 radical (unpaired) electrons. The molecule has 0 unspecified atom stereocenters. The summed E-state index contributed by atoms with van der Waals surface area (Å²) in [4.78, 5) is 11.3. The SMILES string of the molecule is CC(=O)c1cnoc1-c1cccc(Br)c1. The van der Waals surface area contributed by atoms with Crippen LogP contribution >= 0.6 is 15.9 Å². The van der Waals surface area contributed by atoms with Crippen LogP contribution in [0, 0.1) is 0 Å². The quantitative estimate of drug-likeness (QED) is 0.783. The van der Waals surface area contributed by atoms with E-state index in [0.29, 0.717) is 11.3 Å². The molecule has 1 aromatic carbocycles. The number of halogens is 1. The lowest BCUT2D eigenvalue weighted by Crippen LogP contribution is -1.91. The maximum atomic E-state index is 11.3. The van der Waals surface area contributed by atoms with E-state index in [-0.39, 0.29) is 5.78 Å². The van der Waals surface area contributed by atoms with Crippen molar-refractivity contribution in [3.8, 4) is 11.3 Å². The Morgan fingerprint density at radius 1 is 1.47 bits per heavy atom. The minimum atomic E-state index is -0.0498. The topological polar surface area (TPSA) is 43.1 Å². The number of Topliss-reactive ketones (excluding diaryl/α,β-unsaturated/α-hetero) is 1. The molecule has 3 nitrogen and oxygen atoms in total. The number of ketones is 1. The van der Waals surface area contributed by atoms with Crippen molar-refractivity contribution in [2.24, 2.45) is 0 Å². The average molecular weight is 266 g/mol. The second-order valence-electron chi connectivity index (χ2n) is 3.14. The first-order valence-corrected chi connectivity index (χ1v) is 5.19. The van der Waals surface area contributed by atoms with Crippen molar-refractivity contribution < 1.29 is 9.32 Å². The molecule has 4 heteroatoms. The van der Waals surface area contributed by atoms with Gasteiger partial charge in [-0.25, -0.2) is 0 Å². The van der Waals surface area contributed by atoms with Gasteiger partial charge in [-0.05, 0) is 19.1 Å². The summed E-state index contributed by atoms with van der Waals surface area (Å²) in [6.45, 7) is 1.49. The molecule has 0 bridgehead atoms. The number of carbonyl (C=O) groups excluding carboxylic acids is 1. The zero-order chi connectivity index (χ0) is 10.8. The van der Waals surface area contributed by atoms with Crippen molar-refractivity contribution in [3.05, 3.63) is 40.5 Å². The Labute approximate surface area is 95.2 Å². The maximum absolute atomic E-state index is 11.3. The van der Waals surface area contributed by atoms with Gasteiger partial charge in [-0.3, -0.25) is 4.79 Å².